The standard InChI is InChI=1S/C48H86O6Si3/c1-37(43(51-36-49-14)34-35-52-57(48(11,12)13,41-29-22-20-23-30-41)42-31-24-21-25-32-42)28-26-27-33-44(53-55(16,17)46(5,6)7)39(3)45(38(2)40(4)50-15)54-56(18,19)47(8,9)10/h20-27,29-32,37-40,43-45H,28,33-36H2,1-19H3/b27-26+/t37-,38+,39+,40-,43-,44-,45-/m0/s1. The summed E-state index contributed by atoms with van der Waals surface area (Å²) in [7, 11) is -3.34. The fourth-order valence-corrected chi connectivity index (χ4v) is 14.8. The maximum absolute atomic E-state index is 7.33. The predicted molar refractivity (Wildman–Crippen MR) is 251 cm³/mol. The van der Waals surface area contributed by atoms with Crippen LogP contribution >= 0.6 is 0 Å². The van der Waals surface area contributed by atoms with Crippen molar-refractivity contribution >= 4 is 35.3 Å². The first-order chi connectivity index (χ1) is 26.3. The van der Waals surface area contributed by atoms with Crippen molar-refractivity contribution in [3.05, 3.63) is 72.8 Å². The predicted octanol–water partition coefficient (Wildman–Crippen LogP) is 12.0. The smallest absolute Gasteiger partial charge is 0.261 e. The first kappa shape index (κ1) is 51.7. The summed E-state index contributed by atoms with van der Waals surface area (Å²) in [6.07, 6.45) is 7.24. The Labute approximate surface area is 354 Å². The number of hydrogen-bond acceptors (Lipinski definition) is 6. The topological polar surface area (TPSA) is 55.4 Å². The molecule has 7 atom stereocenters. The molecule has 0 saturated carbocycles. The van der Waals surface area contributed by atoms with E-state index in [1.807, 2.05) is 7.11 Å². The summed E-state index contributed by atoms with van der Waals surface area (Å²) >= 11 is 0. The van der Waals surface area contributed by atoms with Gasteiger partial charge in [0.05, 0.1) is 24.4 Å². The lowest BCUT2D eigenvalue weighted by molar-refractivity contribution is -0.0939. The molecule has 9 heteroatoms. The van der Waals surface area contributed by atoms with E-state index in [2.05, 4.69) is 189 Å². The maximum Gasteiger partial charge on any atom is 0.261 e. The second kappa shape index (κ2) is 21.9. The van der Waals surface area contributed by atoms with E-state index in [1.165, 1.54) is 10.4 Å². The highest BCUT2D eigenvalue weighted by Crippen LogP contribution is 2.43. The molecule has 326 valence electrons. The quantitative estimate of drug-likeness (QED) is 0.0631. The lowest BCUT2D eigenvalue weighted by Crippen LogP contribution is -2.66. The SMILES string of the molecule is COCO[C@@H](CCO[Si](c1ccccc1)(c1ccccc1)C(C)(C)C)[C@@H](C)C/C=C/C[C@H](O[Si](C)(C)C(C)(C)C)[C@@H](C)[C@@H](O[Si](C)(C)C(C)(C)C)[C@H](C)[C@H](C)OC. The van der Waals surface area contributed by atoms with Crippen LogP contribution < -0.4 is 10.4 Å². The minimum absolute atomic E-state index is 0.00491. The summed E-state index contributed by atoms with van der Waals surface area (Å²) in [5, 5.41) is 2.69. The van der Waals surface area contributed by atoms with Crippen molar-refractivity contribution in [1.82, 2.24) is 0 Å². The molecule has 6 nitrogen and oxygen atoms in total. The zero-order valence-corrected chi connectivity index (χ0v) is 43.0. The normalized spacial score (nSPS) is 17.6. The van der Waals surface area contributed by atoms with Gasteiger partial charge in [0.2, 0.25) is 0 Å². The number of allylic oxidation sites excluding steroid dienone is 1. The number of rotatable bonds is 23. The van der Waals surface area contributed by atoms with Crippen LogP contribution in [0.2, 0.25) is 41.3 Å². The van der Waals surface area contributed by atoms with Crippen LogP contribution in [-0.4, -0.2) is 77.0 Å². The van der Waals surface area contributed by atoms with Crippen molar-refractivity contribution in [3.63, 3.8) is 0 Å². The Bertz CT molecular complexity index is 1400. The van der Waals surface area contributed by atoms with E-state index < -0.39 is 25.0 Å². The molecular formula is C48H86O6Si3. The van der Waals surface area contributed by atoms with E-state index in [-0.39, 0.29) is 64.1 Å². The minimum Gasteiger partial charge on any atom is -0.413 e. The van der Waals surface area contributed by atoms with Crippen molar-refractivity contribution in [3.8, 4) is 0 Å². The molecule has 2 rings (SSSR count). The van der Waals surface area contributed by atoms with Gasteiger partial charge in [0.1, 0.15) is 6.79 Å². The maximum atomic E-state index is 7.33. The van der Waals surface area contributed by atoms with Gasteiger partial charge in [-0.05, 0) is 83.8 Å². The molecule has 0 aliphatic heterocycles. The highest BCUT2D eigenvalue weighted by Gasteiger charge is 2.50. The third kappa shape index (κ3) is 14.1. The van der Waals surface area contributed by atoms with Gasteiger partial charge in [-0.15, -0.1) is 0 Å². The molecule has 0 unspecified atom stereocenters. The van der Waals surface area contributed by atoms with E-state index in [0.29, 0.717) is 6.61 Å². The fraction of sp³-hybridized carbons (Fsp3) is 0.708. The molecule has 57 heavy (non-hydrogen) atoms. The molecule has 2 aromatic carbocycles. The number of hydrogen-bond donors (Lipinski definition) is 0. The van der Waals surface area contributed by atoms with Gasteiger partial charge in [-0.25, -0.2) is 0 Å². The lowest BCUT2D eigenvalue weighted by Gasteiger charge is -2.47. The van der Waals surface area contributed by atoms with Crippen LogP contribution in [0.3, 0.4) is 0 Å². The second-order valence-electron chi connectivity index (χ2n) is 20.8. The molecule has 0 aliphatic carbocycles. The molecule has 0 amide bonds. The molecule has 0 saturated heterocycles. The summed E-state index contributed by atoms with van der Waals surface area (Å²) in [6, 6.07) is 21.7. The van der Waals surface area contributed by atoms with Gasteiger partial charge in [0.25, 0.3) is 8.32 Å². The monoisotopic (exact) mass is 843 g/mol. The van der Waals surface area contributed by atoms with Crippen LogP contribution in [-0.2, 0) is 27.5 Å². The van der Waals surface area contributed by atoms with Gasteiger partial charge < -0.3 is 27.5 Å². The number of benzene rings is 2. The Kier molecular flexibility index (Phi) is 19.9. The van der Waals surface area contributed by atoms with Crippen molar-refractivity contribution < 1.29 is 27.5 Å². The van der Waals surface area contributed by atoms with Crippen LogP contribution in [0.15, 0.2) is 72.8 Å². The van der Waals surface area contributed by atoms with Gasteiger partial charge in [-0.1, -0.05) is 156 Å². The molecular weight excluding hydrogens is 757 g/mol. The van der Waals surface area contributed by atoms with Crippen molar-refractivity contribution in [2.75, 3.05) is 27.6 Å². The van der Waals surface area contributed by atoms with Crippen molar-refractivity contribution in [2.24, 2.45) is 17.8 Å². The van der Waals surface area contributed by atoms with Crippen LogP contribution in [0.4, 0.5) is 0 Å². The first-order valence-electron chi connectivity index (χ1n) is 21.7. The van der Waals surface area contributed by atoms with Gasteiger partial charge in [0.15, 0.2) is 16.6 Å². The molecule has 0 radical (unpaired) electrons. The molecule has 2 aromatic rings. The largest absolute Gasteiger partial charge is 0.413 e. The Morgan fingerprint density at radius 2 is 1.07 bits per heavy atom. The van der Waals surface area contributed by atoms with E-state index in [4.69, 9.17) is 27.5 Å². The Balaban J connectivity index is 2.38. The van der Waals surface area contributed by atoms with Crippen molar-refractivity contribution in [2.45, 2.75) is 175 Å². The number of ether oxygens (including phenoxy) is 3. The molecule has 0 aliphatic rings. The van der Waals surface area contributed by atoms with Crippen molar-refractivity contribution in [1.29, 1.82) is 0 Å². The summed E-state index contributed by atoms with van der Waals surface area (Å²) in [6.45, 7) is 40.4. The minimum atomic E-state index is -2.65. The van der Waals surface area contributed by atoms with Crippen LogP contribution in [0, 0.1) is 17.8 Å². The third-order valence-corrected chi connectivity index (χ3v) is 27.5. The fourth-order valence-electron chi connectivity index (χ4n) is 7.30. The molecule has 0 bridgehead atoms. The highest BCUT2D eigenvalue weighted by molar-refractivity contribution is 6.99. The molecule has 0 fully saturated rings. The summed E-state index contributed by atoms with van der Waals surface area (Å²) in [4.78, 5) is 0. The second-order valence-corrected chi connectivity index (χ2v) is 34.6. The summed E-state index contributed by atoms with van der Waals surface area (Å²) in [5.41, 5.74) is 0. The van der Waals surface area contributed by atoms with E-state index in [1.54, 1.807) is 7.11 Å². The first-order valence-corrected chi connectivity index (χ1v) is 29.4. The Morgan fingerprint density at radius 3 is 1.51 bits per heavy atom. The average molecular weight is 843 g/mol. The van der Waals surface area contributed by atoms with Crippen LogP contribution in [0.25, 0.3) is 0 Å². The highest BCUT2D eigenvalue weighted by atomic mass is 28.4. The number of methoxy groups -OCH3 is 2. The van der Waals surface area contributed by atoms with Gasteiger partial charge in [-0.3, -0.25) is 0 Å². The summed E-state index contributed by atoms with van der Waals surface area (Å²) < 4.78 is 39.7. The Morgan fingerprint density at radius 1 is 0.596 bits per heavy atom. The lowest BCUT2D eigenvalue weighted by atomic mass is 9.85. The van der Waals surface area contributed by atoms with Gasteiger partial charge in [0, 0.05) is 32.7 Å². The van der Waals surface area contributed by atoms with Gasteiger partial charge >= 0.3 is 0 Å². The van der Waals surface area contributed by atoms with Crippen LogP contribution in [0.1, 0.15) is 109 Å². The molecule has 0 spiro atoms. The van der Waals surface area contributed by atoms with Crippen LogP contribution in [0.5, 0.6) is 0 Å². The molecule has 0 N–H and O–H groups in total. The van der Waals surface area contributed by atoms with E-state index in [0.717, 1.165) is 19.3 Å². The zero-order valence-electron chi connectivity index (χ0n) is 40.0. The molecule has 0 heterocycles. The third-order valence-electron chi connectivity index (χ3n) is 13.4. The van der Waals surface area contributed by atoms with E-state index >= 15 is 0 Å². The average Bonchev–Trinajstić information content (AvgIpc) is 3.13. The molecule has 0 aromatic heterocycles. The van der Waals surface area contributed by atoms with Gasteiger partial charge in [-0.2, -0.15) is 0 Å². The Hall–Kier alpha value is -1.41. The summed E-state index contributed by atoms with van der Waals surface area (Å²) in [5.74, 6) is 0.631. The zero-order chi connectivity index (χ0) is 43.5. The van der Waals surface area contributed by atoms with E-state index in [9.17, 15) is 0 Å².